The smallest absolute Gasteiger partial charge is 0.265 e. The standard InChI is InChI=1S/C29H28FN3O2S/c1-2-31-14-16-32(17-15-31)28(34)23-10-13-26-25(19-23)33(20-22-8-11-24(30)12-9-22)29(35)27(36-26)18-21-6-4-3-5-7-21/h3-13,18-19H,2,14-17,20H2,1H3/b27-18-. The van der Waals surface area contributed by atoms with Gasteiger partial charge in [-0.2, -0.15) is 0 Å². The molecule has 2 amide bonds. The lowest BCUT2D eigenvalue weighted by Gasteiger charge is -2.35. The van der Waals surface area contributed by atoms with Crippen molar-refractivity contribution in [1.29, 1.82) is 0 Å². The third kappa shape index (κ3) is 5.22. The minimum atomic E-state index is -0.319. The summed E-state index contributed by atoms with van der Waals surface area (Å²) in [6.45, 7) is 6.52. The summed E-state index contributed by atoms with van der Waals surface area (Å²) in [5.74, 6) is -0.472. The molecule has 7 heteroatoms. The number of fused-ring (bicyclic) bond motifs is 1. The van der Waals surface area contributed by atoms with Gasteiger partial charge in [-0.05, 0) is 54.1 Å². The number of carbonyl (C=O) groups is 2. The second-order valence-electron chi connectivity index (χ2n) is 8.95. The SMILES string of the molecule is CCN1CCN(C(=O)c2ccc3c(c2)N(Cc2ccc(F)cc2)C(=O)/C(=C/c2ccccc2)S3)CC1. The predicted molar refractivity (Wildman–Crippen MR) is 142 cm³/mol. The Bertz CT molecular complexity index is 1290. The van der Waals surface area contributed by atoms with Crippen molar-refractivity contribution in [2.45, 2.75) is 18.4 Å². The number of rotatable bonds is 5. The molecule has 1 fully saturated rings. The van der Waals surface area contributed by atoms with Gasteiger partial charge < -0.3 is 14.7 Å². The molecule has 0 radical (unpaired) electrons. The van der Waals surface area contributed by atoms with E-state index < -0.39 is 0 Å². The Morgan fingerprint density at radius 1 is 0.972 bits per heavy atom. The molecule has 0 unspecified atom stereocenters. The zero-order chi connectivity index (χ0) is 25.1. The quantitative estimate of drug-likeness (QED) is 0.446. The number of benzene rings is 3. The van der Waals surface area contributed by atoms with Gasteiger partial charge in [-0.15, -0.1) is 0 Å². The van der Waals surface area contributed by atoms with E-state index in [0.717, 1.165) is 35.7 Å². The number of thioether (sulfide) groups is 1. The molecular formula is C29H28FN3O2S. The highest BCUT2D eigenvalue weighted by atomic mass is 32.2. The van der Waals surface area contributed by atoms with E-state index >= 15 is 0 Å². The van der Waals surface area contributed by atoms with E-state index in [4.69, 9.17) is 0 Å². The number of halogens is 1. The first kappa shape index (κ1) is 24.3. The van der Waals surface area contributed by atoms with Crippen molar-refractivity contribution >= 4 is 35.3 Å². The average molecular weight is 502 g/mol. The minimum Gasteiger partial charge on any atom is -0.336 e. The van der Waals surface area contributed by atoms with Gasteiger partial charge in [0.1, 0.15) is 5.82 Å². The first-order chi connectivity index (χ1) is 17.5. The second kappa shape index (κ2) is 10.7. The van der Waals surface area contributed by atoms with Crippen LogP contribution >= 0.6 is 11.8 Å². The number of carbonyl (C=O) groups excluding carboxylic acids is 2. The maximum Gasteiger partial charge on any atom is 0.265 e. The molecule has 2 aliphatic rings. The summed E-state index contributed by atoms with van der Waals surface area (Å²) in [4.78, 5) is 34.4. The molecule has 0 atom stereocenters. The largest absolute Gasteiger partial charge is 0.336 e. The third-order valence-electron chi connectivity index (χ3n) is 6.63. The normalized spacial score (nSPS) is 17.4. The fourth-order valence-corrected chi connectivity index (χ4v) is 5.56. The number of nitrogens with zero attached hydrogens (tertiary/aromatic N) is 3. The van der Waals surface area contributed by atoms with E-state index in [1.54, 1.807) is 17.0 Å². The van der Waals surface area contributed by atoms with Gasteiger partial charge in [-0.3, -0.25) is 9.59 Å². The van der Waals surface area contributed by atoms with Crippen molar-refractivity contribution in [3.8, 4) is 0 Å². The van der Waals surface area contributed by atoms with Gasteiger partial charge >= 0.3 is 0 Å². The average Bonchev–Trinajstić information content (AvgIpc) is 2.92. The van der Waals surface area contributed by atoms with Crippen LogP contribution in [0.3, 0.4) is 0 Å². The fraction of sp³-hybridized carbons (Fsp3) is 0.241. The number of amides is 2. The van der Waals surface area contributed by atoms with Gasteiger partial charge in [0.05, 0.1) is 17.1 Å². The third-order valence-corrected chi connectivity index (χ3v) is 7.71. The van der Waals surface area contributed by atoms with E-state index in [-0.39, 0.29) is 24.2 Å². The molecule has 5 nitrogen and oxygen atoms in total. The molecule has 0 aromatic heterocycles. The molecule has 2 heterocycles. The van der Waals surface area contributed by atoms with Crippen LogP contribution in [0.2, 0.25) is 0 Å². The molecule has 0 spiro atoms. The number of anilines is 1. The van der Waals surface area contributed by atoms with Gasteiger partial charge in [-0.25, -0.2) is 4.39 Å². The van der Waals surface area contributed by atoms with Crippen LogP contribution < -0.4 is 4.90 Å². The number of piperazine rings is 1. The Morgan fingerprint density at radius 2 is 1.69 bits per heavy atom. The Hall–Kier alpha value is -3.42. The molecule has 5 rings (SSSR count). The molecule has 0 bridgehead atoms. The van der Waals surface area contributed by atoms with Crippen molar-refractivity contribution in [3.05, 3.63) is 100 Å². The van der Waals surface area contributed by atoms with Crippen molar-refractivity contribution in [1.82, 2.24) is 9.80 Å². The molecule has 0 N–H and O–H groups in total. The van der Waals surface area contributed by atoms with E-state index in [1.165, 1.54) is 23.9 Å². The van der Waals surface area contributed by atoms with Crippen LogP contribution in [0, 0.1) is 5.82 Å². The Morgan fingerprint density at radius 3 is 2.39 bits per heavy atom. The highest BCUT2D eigenvalue weighted by Gasteiger charge is 2.31. The topological polar surface area (TPSA) is 43.9 Å². The summed E-state index contributed by atoms with van der Waals surface area (Å²) in [6.07, 6.45) is 1.89. The number of hydrogen-bond acceptors (Lipinski definition) is 4. The highest BCUT2D eigenvalue weighted by Crippen LogP contribution is 2.43. The molecule has 2 aliphatic heterocycles. The summed E-state index contributed by atoms with van der Waals surface area (Å²) < 4.78 is 13.5. The molecule has 3 aromatic carbocycles. The predicted octanol–water partition coefficient (Wildman–Crippen LogP) is 5.28. The molecule has 184 valence electrons. The van der Waals surface area contributed by atoms with Gasteiger partial charge in [0, 0.05) is 36.6 Å². The van der Waals surface area contributed by atoms with Crippen LogP contribution in [-0.4, -0.2) is 54.3 Å². The zero-order valence-electron chi connectivity index (χ0n) is 20.2. The van der Waals surface area contributed by atoms with E-state index in [0.29, 0.717) is 29.2 Å². The Kier molecular flexibility index (Phi) is 7.20. The van der Waals surface area contributed by atoms with Crippen molar-refractivity contribution in [3.63, 3.8) is 0 Å². The summed E-state index contributed by atoms with van der Waals surface area (Å²) in [6, 6.07) is 21.5. The molecule has 0 saturated carbocycles. The Balaban J connectivity index is 1.48. The lowest BCUT2D eigenvalue weighted by atomic mass is 10.1. The maximum absolute atomic E-state index is 13.7. The fourth-order valence-electron chi connectivity index (χ4n) is 4.52. The molecule has 0 aliphatic carbocycles. The van der Waals surface area contributed by atoms with Crippen LogP contribution in [-0.2, 0) is 11.3 Å². The van der Waals surface area contributed by atoms with Crippen molar-refractivity contribution < 1.29 is 14.0 Å². The van der Waals surface area contributed by atoms with Crippen LogP contribution in [0.15, 0.2) is 82.6 Å². The summed E-state index contributed by atoms with van der Waals surface area (Å²) in [5.41, 5.74) is 3.04. The lowest BCUT2D eigenvalue weighted by Crippen LogP contribution is -2.48. The summed E-state index contributed by atoms with van der Waals surface area (Å²) in [7, 11) is 0. The summed E-state index contributed by atoms with van der Waals surface area (Å²) in [5, 5.41) is 0. The van der Waals surface area contributed by atoms with Crippen LogP contribution in [0.5, 0.6) is 0 Å². The molecule has 36 heavy (non-hydrogen) atoms. The van der Waals surface area contributed by atoms with E-state index in [2.05, 4.69) is 11.8 Å². The van der Waals surface area contributed by atoms with Crippen molar-refractivity contribution in [2.24, 2.45) is 0 Å². The summed E-state index contributed by atoms with van der Waals surface area (Å²) >= 11 is 1.41. The van der Waals surface area contributed by atoms with E-state index in [9.17, 15) is 14.0 Å². The van der Waals surface area contributed by atoms with Crippen LogP contribution in [0.1, 0.15) is 28.4 Å². The first-order valence-corrected chi connectivity index (χ1v) is 13.0. The van der Waals surface area contributed by atoms with Gasteiger partial charge in [-0.1, -0.05) is 61.2 Å². The van der Waals surface area contributed by atoms with Gasteiger partial charge in [0.15, 0.2) is 0 Å². The van der Waals surface area contributed by atoms with Gasteiger partial charge in [0.2, 0.25) is 0 Å². The Labute approximate surface area is 215 Å². The van der Waals surface area contributed by atoms with Crippen LogP contribution in [0.25, 0.3) is 6.08 Å². The maximum atomic E-state index is 13.7. The molecule has 3 aromatic rings. The lowest BCUT2D eigenvalue weighted by molar-refractivity contribution is -0.114. The molecular weight excluding hydrogens is 473 g/mol. The first-order valence-electron chi connectivity index (χ1n) is 12.2. The van der Waals surface area contributed by atoms with E-state index in [1.807, 2.05) is 59.5 Å². The number of likely N-dealkylation sites (N-methyl/N-ethyl adjacent to an activating group) is 1. The number of hydrogen-bond donors (Lipinski definition) is 0. The molecule has 1 saturated heterocycles. The monoisotopic (exact) mass is 501 g/mol. The zero-order valence-corrected chi connectivity index (χ0v) is 21.0. The highest BCUT2D eigenvalue weighted by molar-refractivity contribution is 8.04. The minimum absolute atomic E-state index is 0.0154. The van der Waals surface area contributed by atoms with Crippen molar-refractivity contribution in [2.75, 3.05) is 37.6 Å². The van der Waals surface area contributed by atoms with Gasteiger partial charge in [0.25, 0.3) is 11.8 Å². The van der Waals surface area contributed by atoms with Crippen LogP contribution in [0.4, 0.5) is 10.1 Å². The second-order valence-corrected chi connectivity index (χ2v) is 10.0.